The molecule has 5 fully saturated rings. The molecule has 0 aromatic heterocycles. The molecule has 5 rings (SSSR count). The summed E-state index contributed by atoms with van der Waals surface area (Å²) >= 11 is 0. The van der Waals surface area contributed by atoms with E-state index in [1.54, 1.807) is 0 Å². The molecule has 0 aromatic carbocycles. The van der Waals surface area contributed by atoms with Crippen molar-refractivity contribution >= 4 is 0 Å². The van der Waals surface area contributed by atoms with Gasteiger partial charge in [0, 0.05) is 0 Å². The Morgan fingerprint density at radius 1 is 1.00 bits per heavy atom. The quantitative estimate of drug-likeness (QED) is 0.695. The first-order valence-corrected chi connectivity index (χ1v) is 8.53. The summed E-state index contributed by atoms with van der Waals surface area (Å²) in [5.41, 5.74) is -5.15. The van der Waals surface area contributed by atoms with Gasteiger partial charge in [0.25, 0.3) is 5.60 Å². The molecule has 6 unspecified atom stereocenters. The molecule has 0 radical (unpaired) electrons. The van der Waals surface area contributed by atoms with Crippen LogP contribution in [0, 0.1) is 39.9 Å². The largest absolute Gasteiger partial charge is 0.426 e. The predicted octanol–water partition coefficient (Wildman–Crippen LogP) is 4.94. The van der Waals surface area contributed by atoms with Crippen LogP contribution in [-0.4, -0.2) is 23.1 Å². The molecule has 1 N–H and O–H groups in total. The molecule has 0 saturated heterocycles. The molecular formula is C17H22F6O. The second-order valence-electron chi connectivity index (χ2n) is 9.24. The molecule has 2 bridgehead atoms. The van der Waals surface area contributed by atoms with E-state index >= 15 is 0 Å². The Morgan fingerprint density at radius 3 is 2.04 bits per heavy atom. The van der Waals surface area contributed by atoms with Gasteiger partial charge in [-0.25, -0.2) is 0 Å². The molecule has 7 heteroatoms. The summed E-state index contributed by atoms with van der Waals surface area (Å²) in [6, 6.07) is 0. The number of hydrogen-bond acceptors (Lipinski definition) is 1. The van der Waals surface area contributed by atoms with Crippen molar-refractivity contribution in [2.75, 3.05) is 0 Å². The van der Waals surface area contributed by atoms with Crippen LogP contribution in [0.3, 0.4) is 0 Å². The van der Waals surface area contributed by atoms with Crippen molar-refractivity contribution in [3.8, 4) is 0 Å². The van der Waals surface area contributed by atoms with Crippen molar-refractivity contribution in [1.82, 2.24) is 0 Å². The number of aliphatic hydroxyl groups is 1. The maximum absolute atomic E-state index is 13.1. The molecule has 0 heterocycles. The number of fused-ring (bicyclic) bond motifs is 2. The molecule has 138 valence electrons. The van der Waals surface area contributed by atoms with E-state index in [-0.39, 0.29) is 22.7 Å². The minimum absolute atomic E-state index is 0.00644. The zero-order chi connectivity index (χ0) is 18.1. The van der Waals surface area contributed by atoms with Gasteiger partial charge in [0.05, 0.1) is 0 Å². The summed E-state index contributed by atoms with van der Waals surface area (Å²) in [5, 5.41) is 9.66. The third-order valence-corrected chi connectivity index (χ3v) is 8.68. The lowest BCUT2D eigenvalue weighted by atomic mass is 9.60. The first-order valence-electron chi connectivity index (χ1n) is 8.53. The van der Waals surface area contributed by atoms with E-state index in [9.17, 15) is 31.4 Å². The fourth-order valence-corrected chi connectivity index (χ4v) is 7.36. The standard InChI is InChI=1S/C17H22F6O/c1-8-10-11-12(2,3)13(11)4-5-14(8,10)9(6-13)7-15(24,16(18,19)20)17(21,22)23/h8-11,24H,4-7H2,1-3H3. The molecule has 0 aromatic rings. The fraction of sp³-hybridized carbons (Fsp3) is 1.00. The SMILES string of the molecule is CC1C2C3C(C)(C)C34CCC12C(CC(O)(C(F)(F)F)C(F)(F)F)C4. The van der Waals surface area contributed by atoms with Crippen LogP contribution < -0.4 is 0 Å². The van der Waals surface area contributed by atoms with Crippen LogP contribution in [-0.2, 0) is 0 Å². The van der Waals surface area contributed by atoms with Gasteiger partial charge in [-0.3, -0.25) is 0 Å². The summed E-state index contributed by atoms with van der Waals surface area (Å²) in [4.78, 5) is 0. The highest BCUT2D eigenvalue weighted by Crippen LogP contribution is 2.94. The number of hydrogen-bond donors (Lipinski definition) is 1. The minimum Gasteiger partial charge on any atom is -0.374 e. The molecule has 1 nitrogen and oxygen atoms in total. The van der Waals surface area contributed by atoms with Gasteiger partial charge in [-0.05, 0) is 65.6 Å². The second kappa shape index (κ2) is 3.94. The van der Waals surface area contributed by atoms with Crippen molar-refractivity contribution in [3.05, 3.63) is 0 Å². The summed E-state index contributed by atoms with van der Waals surface area (Å²) in [5.74, 6) is 0.0995. The third kappa shape index (κ3) is 1.51. The molecule has 5 aliphatic carbocycles. The van der Waals surface area contributed by atoms with Gasteiger partial charge in [-0.2, -0.15) is 26.3 Å². The molecule has 5 saturated carbocycles. The Kier molecular flexibility index (Phi) is 2.79. The van der Waals surface area contributed by atoms with Crippen LogP contribution in [0.5, 0.6) is 0 Å². The van der Waals surface area contributed by atoms with Crippen LogP contribution in [0.4, 0.5) is 26.3 Å². The van der Waals surface area contributed by atoms with Crippen LogP contribution >= 0.6 is 0 Å². The predicted molar refractivity (Wildman–Crippen MR) is 73.8 cm³/mol. The Morgan fingerprint density at radius 2 is 1.54 bits per heavy atom. The summed E-state index contributed by atoms with van der Waals surface area (Å²) in [6.07, 6.45) is -10.7. The number of rotatable bonds is 2. The highest BCUT2D eigenvalue weighted by atomic mass is 19.4. The van der Waals surface area contributed by atoms with Crippen molar-refractivity contribution in [3.63, 3.8) is 0 Å². The maximum atomic E-state index is 13.1. The minimum atomic E-state index is -5.71. The van der Waals surface area contributed by atoms with E-state index in [4.69, 9.17) is 0 Å². The van der Waals surface area contributed by atoms with E-state index in [0.717, 1.165) is 6.42 Å². The average molecular weight is 356 g/mol. The normalized spacial score (nSPS) is 48.8. The molecule has 5 aliphatic rings. The topological polar surface area (TPSA) is 20.2 Å². The summed E-state index contributed by atoms with van der Waals surface area (Å²) < 4.78 is 78.7. The molecule has 24 heavy (non-hydrogen) atoms. The fourth-order valence-electron chi connectivity index (χ4n) is 7.36. The summed E-state index contributed by atoms with van der Waals surface area (Å²) in [6.45, 7) is 6.16. The van der Waals surface area contributed by atoms with Gasteiger partial charge in [0.2, 0.25) is 0 Å². The van der Waals surface area contributed by atoms with Crippen molar-refractivity contribution < 1.29 is 31.4 Å². The molecule has 6 atom stereocenters. The van der Waals surface area contributed by atoms with Gasteiger partial charge in [-0.15, -0.1) is 0 Å². The van der Waals surface area contributed by atoms with E-state index in [2.05, 4.69) is 13.8 Å². The smallest absolute Gasteiger partial charge is 0.374 e. The molecular weight excluding hydrogens is 334 g/mol. The van der Waals surface area contributed by atoms with Crippen LogP contribution in [0.25, 0.3) is 0 Å². The van der Waals surface area contributed by atoms with Gasteiger partial charge >= 0.3 is 12.4 Å². The van der Waals surface area contributed by atoms with Gasteiger partial charge in [0.1, 0.15) is 0 Å². The maximum Gasteiger partial charge on any atom is 0.426 e. The van der Waals surface area contributed by atoms with E-state index in [1.807, 2.05) is 6.92 Å². The highest BCUT2D eigenvalue weighted by Gasteiger charge is 2.89. The number of halogens is 6. The summed E-state index contributed by atoms with van der Waals surface area (Å²) in [7, 11) is 0. The number of alkyl halides is 6. The second-order valence-corrected chi connectivity index (χ2v) is 9.24. The van der Waals surface area contributed by atoms with Crippen LogP contribution in [0.2, 0.25) is 0 Å². The first-order chi connectivity index (χ1) is 10.7. The highest BCUT2D eigenvalue weighted by molar-refractivity contribution is 5.36. The van der Waals surface area contributed by atoms with Crippen molar-refractivity contribution in [2.24, 2.45) is 39.9 Å². The zero-order valence-electron chi connectivity index (χ0n) is 13.9. The van der Waals surface area contributed by atoms with E-state index in [1.165, 1.54) is 0 Å². The Labute approximate surface area is 136 Å². The van der Waals surface area contributed by atoms with Crippen LogP contribution in [0.1, 0.15) is 46.5 Å². The van der Waals surface area contributed by atoms with Crippen LogP contribution in [0.15, 0.2) is 0 Å². The zero-order valence-corrected chi connectivity index (χ0v) is 13.9. The lowest BCUT2D eigenvalue weighted by Crippen LogP contribution is -2.59. The lowest BCUT2D eigenvalue weighted by Gasteiger charge is -2.46. The van der Waals surface area contributed by atoms with Gasteiger partial charge < -0.3 is 5.11 Å². The first kappa shape index (κ1) is 17.0. The van der Waals surface area contributed by atoms with E-state index < -0.39 is 35.7 Å². The van der Waals surface area contributed by atoms with Crippen molar-refractivity contribution in [1.29, 1.82) is 0 Å². The van der Waals surface area contributed by atoms with Gasteiger partial charge in [0.15, 0.2) is 0 Å². The Hall–Kier alpha value is -0.460. The van der Waals surface area contributed by atoms with E-state index in [0.29, 0.717) is 18.8 Å². The Balaban J connectivity index is 1.70. The lowest BCUT2D eigenvalue weighted by molar-refractivity contribution is -0.374. The third-order valence-electron chi connectivity index (χ3n) is 8.68. The monoisotopic (exact) mass is 356 g/mol. The molecule has 0 amide bonds. The average Bonchev–Trinajstić information content (AvgIpc) is 3.18. The molecule has 2 spiro atoms. The Bertz CT molecular complexity index is 579. The van der Waals surface area contributed by atoms with Crippen molar-refractivity contribution in [2.45, 2.75) is 64.4 Å². The van der Waals surface area contributed by atoms with Gasteiger partial charge in [-0.1, -0.05) is 20.8 Å². The molecule has 0 aliphatic heterocycles.